The molecule has 8 nitrogen and oxygen atoms in total. The molecule has 0 bridgehead atoms. The van der Waals surface area contributed by atoms with E-state index < -0.39 is 32.5 Å². The molecule has 0 aromatic heterocycles. The summed E-state index contributed by atoms with van der Waals surface area (Å²) >= 11 is 0. The fraction of sp³-hybridized carbons (Fsp3) is 0.952. The molecule has 0 radical (unpaired) electrons. The van der Waals surface area contributed by atoms with Crippen molar-refractivity contribution in [2.75, 3.05) is 13.2 Å². The fourth-order valence-corrected chi connectivity index (χ4v) is 6.97. The molecule has 1 atom stereocenters. The standard InChI is InChI=1S/C42H83O8P/c1-3-5-7-9-11-13-15-17-19-20-21-23-24-26-28-30-32-34-36-41(43)48-38-40(39-49-51(45,46)47)50-42(44)37-35-33-31-29-27-25-22-18-16-14-12-10-8-6-4-2/h40H,3-39H2,1-2H3,(H2,45,46,47)/t40-/m1/s1. The van der Waals surface area contributed by atoms with E-state index in [1.807, 2.05) is 0 Å². The molecule has 0 heterocycles. The Morgan fingerprint density at radius 3 is 1.00 bits per heavy atom. The number of rotatable bonds is 41. The summed E-state index contributed by atoms with van der Waals surface area (Å²) in [5, 5.41) is 0. The van der Waals surface area contributed by atoms with Crippen LogP contribution in [0.2, 0.25) is 0 Å². The maximum absolute atomic E-state index is 12.4. The van der Waals surface area contributed by atoms with Gasteiger partial charge in [-0.2, -0.15) is 0 Å². The van der Waals surface area contributed by atoms with Crippen LogP contribution in [0.25, 0.3) is 0 Å². The summed E-state index contributed by atoms with van der Waals surface area (Å²) in [7, 11) is -4.75. The van der Waals surface area contributed by atoms with Crippen LogP contribution in [-0.4, -0.2) is 41.0 Å². The van der Waals surface area contributed by atoms with Crippen LogP contribution < -0.4 is 0 Å². The summed E-state index contributed by atoms with van der Waals surface area (Å²) < 4.78 is 26.4. The summed E-state index contributed by atoms with van der Waals surface area (Å²) in [4.78, 5) is 42.9. The van der Waals surface area contributed by atoms with Gasteiger partial charge in [-0.1, -0.05) is 213 Å². The van der Waals surface area contributed by atoms with E-state index in [0.717, 1.165) is 32.1 Å². The van der Waals surface area contributed by atoms with Crippen molar-refractivity contribution in [3.05, 3.63) is 0 Å². The van der Waals surface area contributed by atoms with Crippen LogP contribution in [-0.2, 0) is 28.2 Å². The summed E-state index contributed by atoms with van der Waals surface area (Å²) in [6, 6.07) is 0. The molecule has 51 heavy (non-hydrogen) atoms. The molecule has 0 saturated carbocycles. The van der Waals surface area contributed by atoms with Crippen LogP contribution >= 0.6 is 7.82 Å². The number of hydrogen-bond donors (Lipinski definition) is 2. The van der Waals surface area contributed by atoms with Gasteiger partial charge in [0.25, 0.3) is 0 Å². The van der Waals surface area contributed by atoms with E-state index >= 15 is 0 Å². The average Bonchev–Trinajstić information content (AvgIpc) is 3.10. The van der Waals surface area contributed by atoms with Crippen molar-refractivity contribution >= 4 is 19.8 Å². The Hall–Kier alpha value is -0.950. The molecule has 9 heteroatoms. The van der Waals surface area contributed by atoms with Gasteiger partial charge in [-0.05, 0) is 12.8 Å². The third-order valence-corrected chi connectivity index (χ3v) is 10.4. The molecule has 0 rings (SSSR count). The molecule has 2 N–H and O–H groups in total. The SMILES string of the molecule is CCCCCCCCCCCCCCCCCCCCC(=O)OC[C@H](COP(=O)(O)O)OC(=O)CCCCCCCCCCCCCCCCC. The van der Waals surface area contributed by atoms with Crippen LogP contribution in [0.1, 0.15) is 239 Å². The molecule has 0 aliphatic heterocycles. The van der Waals surface area contributed by atoms with Crippen LogP contribution in [0.5, 0.6) is 0 Å². The van der Waals surface area contributed by atoms with Crippen molar-refractivity contribution in [3.63, 3.8) is 0 Å². The fourth-order valence-electron chi connectivity index (χ4n) is 6.61. The molecule has 0 aromatic carbocycles. The summed E-state index contributed by atoms with van der Waals surface area (Å²) in [5.41, 5.74) is 0. The molecular formula is C42H83O8P. The first-order chi connectivity index (χ1) is 24.8. The zero-order chi connectivity index (χ0) is 37.5. The lowest BCUT2D eigenvalue weighted by molar-refractivity contribution is -0.161. The third-order valence-electron chi connectivity index (χ3n) is 9.88. The van der Waals surface area contributed by atoms with Crippen LogP contribution in [0.4, 0.5) is 0 Å². The van der Waals surface area contributed by atoms with E-state index in [2.05, 4.69) is 18.4 Å². The Morgan fingerprint density at radius 1 is 0.431 bits per heavy atom. The van der Waals surface area contributed by atoms with Gasteiger partial charge < -0.3 is 19.3 Å². The maximum atomic E-state index is 12.4. The quantitative estimate of drug-likeness (QED) is 0.0360. The van der Waals surface area contributed by atoms with E-state index in [0.29, 0.717) is 6.42 Å². The number of phosphoric ester groups is 1. The maximum Gasteiger partial charge on any atom is 0.469 e. The van der Waals surface area contributed by atoms with Gasteiger partial charge in [0.1, 0.15) is 6.61 Å². The summed E-state index contributed by atoms with van der Waals surface area (Å²) in [6.07, 6.45) is 41.1. The van der Waals surface area contributed by atoms with Crippen molar-refractivity contribution in [1.82, 2.24) is 0 Å². The number of phosphoric acid groups is 1. The zero-order valence-electron chi connectivity index (χ0n) is 33.5. The number of unbranched alkanes of at least 4 members (excludes halogenated alkanes) is 31. The van der Waals surface area contributed by atoms with Crippen LogP contribution in [0.15, 0.2) is 0 Å². The first-order valence-electron chi connectivity index (χ1n) is 21.8. The molecular weight excluding hydrogens is 663 g/mol. The van der Waals surface area contributed by atoms with E-state index in [4.69, 9.17) is 19.3 Å². The highest BCUT2D eigenvalue weighted by Crippen LogP contribution is 2.36. The molecule has 0 spiro atoms. The highest BCUT2D eigenvalue weighted by molar-refractivity contribution is 7.46. The number of esters is 2. The largest absolute Gasteiger partial charge is 0.469 e. The second-order valence-corrected chi connectivity index (χ2v) is 16.3. The van der Waals surface area contributed by atoms with E-state index in [-0.39, 0.29) is 19.4 Å². The highest BCUT2D eigenvalue weighted by atomic mass is 31.2. The summed E-state index contributed by atoms with van der Waals surface area (Å²) in [6.45, 7) is 3.72. The lowest BCUT2D eigenvalue weighted by Crippen LogP contribution is -2.29. The minimum atomic E-state index is -4.75. The molecule has 0 aliphatic rings. The van der Waals surface area contributed by atoms with Gasteiger partial charge in [-0.15, -0.1) is 0 Å². The average molecular weight is 747 g/mol. The molecule has 0 aliphatic carbocycles. The van der Waals surface area contributed by atoms with Crippen molar-refractivity contribution < 1.29 is 37.9 Å². The minimum absolute atomic E-state index is 0.220. The predicted octanol–water partition coefficient (Wildman–Crippen LogP) is 13.2. The Labute approximate surface area is 315 Å². The third kappa shape index (κ3) is 41.7. The number of hydrogen-bond acceptors (Lipinski definition) is 6. The minimum Gasteiger partial charge on any atom is -0.462 e. The first-order valence-corrected chi connectivity index (χ1v) is 23.4. The van der Waals surface area contributed by atoms with Crippen molar-refractivity contribution in [2.45, 2.75) is 245 Å². The smallest absolute Gasteiger partial charge is 0.462 e. The summed E-state index contributed by atoms with van der Waals surface area (Å²) in [5.74, 6) is -0.866. The Kier molecular flexibility index (Phi) is 38.0. The highest BCUT2D eigenvalue weighted by Gasteiger charge is 2.23. The molecule has 0 unspecified atom stereocenters. The molecule has 0 fully saturated rings. The lowest BCUT2D eigenvalue weighted by Gasteiger charge is -2.18. The zero-order valence-corrected chi connectivity index (χ0v) is 34.4. The second kappa shape index (κ2) is 38.8. The topological polar surface area (TPSA) is 119 Å². The van der Waals surface area contributed by atoms with Gasteiger partial charge in [-0.3, -0.25) is 14.1 Å². The Bertz CT molecular complexity index is 802. The van der Waals surface area contributed by atoms with E-state index in [9.17, 15) is 14.2 Å². The van der Waals surface area contributed by atoms with Crippen molar-refractivity contribution in [3.8, 4) is 0 Å². The van der Waals surface area contributed by atoms with Gasteiger partial charge in [-0.25, -0.2) is 4.57 Å². The van der Waals surface area contributed by atoms with Crippen LogP contribution in [0.3, 0.4) is 0 Å². The number of carbonyl (C=O) groups excluding carboxylic acids is 2. The Morgan fingerprint density at radius 2 is 0.706 bits per heavy atom. The Balaban J connectivity index is 3.83. The predicted molar refractivity (Wildman–Crippen MR) is 212 cm³/mol. The molecule has 304 valence electrons. The monoisotopic (exact) mass is 747 g/mol. The van der Waals surface area contributed by atoms with Gasteiger partial charge in [0, 0.05) is 12.8 Å². The number of ether oxygens (including phenoxy) is 2. The molecule has 0 amide bonds. The molecule has 0 saturated heterocycles. The van der Waals surface area contributed by atoms with Crippen molar-refractivity contribution in [1.29, 1.82) is 0 Å². The van der Waals surface area contributed by atoms with Crippen LogP contribution in [0, 0.1) is 0 Å². The van der Waals surface area contributed by atoms with E-state index in [1.165, 1.54) is 173 Å². The van der Waals surface area contributed by atoms with Gasteiger partial charge in [0.05, 0.1) is 6.61 Å². The van der Waals surface area contributed by atoms with E-state index in [1.54, 1.807) is 0 Å². The first kappa shape index (κ1) is 50.1. The number of carbonyl (C=O) groups is 2. The normalized spacial score (nSPS) is 12.3. The van der Waals surface area contributed by atoms with Gasteiger partial charge in [0.15, 0.2) is 6.10 Å². The van der Waals surface area contributed by atoms with Crippen molar-refractivity contribution in [2.24, 2.45) is 0 Å². The van der Waals surface area contributed by atoms with Gasteiger partial charge >= 0.3 is 19.8 Å². The van der Waals surface area contributed by atoms with Gasteiger partial charge in [0.2, 0.25) is 0 Å². The lowest BCUT2D eigenvalue weighted by atomic mass is 10.0. The molecule has 0 aromatic rings. The second-order valence-electron chi connectivity index (χ2n) is 15.0.